The number of ether oxygens (including phenoxy) is 1. The molecule has 5 nitrogen and oxygen atoms in total. The van der Waals surface area contributed by atoms with Gasteiger partial charge in [-0.1, -0.05) is 54.2 Å². The summed E-state index contributed by atoms with van der Waals surface area (Å²) in [4.78, 5) is 0. The van der Waals surface area contributed by atoms with E-state index >= 15 is 0 Å². The number of benzene rings is 2. The maximum atomic E-state index is 5.42. The van der Waals surface area contributed by atoms with Gasteiger partial charge >= 0.3 is 0 Å². The van der Waals surface area contributed by atoms with Crippen LogP contribution in [0.4, 0.5) is 0 Å². The van der Waals surface area contributed by atoms with Crippen LogP contribution in [0.3, 0.4) is 0 Å². The molecule has 110 valence electrons. The van der Waals surface area contributed by atoms with Gasteiger partial charge in [0.15, 0.2) is 5.82 Å². The number of nitrogens with one attached hydrogen (secondary N) is 1. The highest BCUT2D eigenvalue weighted by atomic mass is 32.2. The van der Waals surface area contributed by atoms with Crippen molar-refractivity contribution in [3.8, 4) is 17.1 Å². The molecule has 0 amide bonds. The van der Waals surface area contributed by atoms with Crippen molar-refractivity contribution in [1.29, 1.82) is 0 Å². The standard InChI is InChI=1S/C16H14N4OS/c1-21-13-10-6-5-9-12(13)14-17-18-16-20(14)19-15(22-16)11-7-3-2-4-8-11/h2-10,15,19H,1H3. The van der Waals surface area contributed by atoms with Gasteiger partial charge in [0.2, 0.25) is 5.16 Å². The van der Waals surface area contributed by atoms with Crippen molar-refractivity contribution >= 4 is 11.8 Å². The number of hydrogen-bond acceptors (Lipinski definition) is 5. The molecule has 1 aromatic heterocycles. The van der Waals surface area contributed by atoms with Crippen LogP contribution in [0.2, 0.25) is 0 Å². The lowest BCUT2D eigenvalue weighted by molar-refractivity contribution is 0.416. The molecule has 2 heterocycles. The number of methoxy groups -OCH3 is 1. The van der Waals surface area contributed by atoms with E-state index in [0.29, 0.717) is 0 Å². The molecular weight excluding hydrogens is 296 g/mol. The second kappa shape index (κ2) is 5.38. The highest BCUT2D eigenvalue weighted by molar-refractivity contribution is 7.99. The third-order valence-corrected chi connectivity index (χ3v) is 4.64. The summed E-state index contributed by atoms with van der Waals surface area (Å²) in [6.07, 6.45) is 0. The zero-order chi connectivity index (χ0) is 14.9. The van der Waals surface area contributed by atoms with Crippen molar-refractivity contribution in [3.05, 3.63) is 60.2 Å². The highest BCUT2D eigenvalue weighted by Gasteiger charge is 2.28. The maximum Gasteiger partial charge on any atom is 0.212 e. The summed E-state index contributed by atoms with van der Waals surface area (Å²) < 4.78 is 7.36. The molecular formula is C16H14N4OS. The minimum Gasteiger partial charge on any atom is -0.496 e. The lowest BCUT2D eigenvalue weighted by Gasteiger charge is -2.13. The molecule has 0 aliphatic carbocycles. The van der Waals surface area contributed by atoms with Crippen molar-refractivity contribution in [3.63, 3.8) is 0 Å². The van der Waals surface area contributed by atoms with Crippen molar-refractivity contribution in [2.24, 2.45) is 0 Å². The fraction of sp³-hybridized carbons (Fsp3) is 0.125. The first-order chi connectivity index (χ1) is 10.9. The number of aromatic nitrogens is 3. The number of fused-ring (bicyclic) bond motifs is 1. The van der Waals surface area contributed by atoms with E-state index in [1.165, 1.54) is 5.56 Å². The number of rotatable bonds is 3. The Morgan fingerprint density at radius 2 is 1.82 bits per heavy atom. The molecule has 1 N–H and O–H groups in total. The van der Waals surface area contributed by atoms with Crippen LogP contribution in [-0.2, 0) is 0 Å². The van der Waals surface area contributed by atoms with Crippen molar-refractivity contribution in [2.45, 2.75) is 10.5 Å². The minimum atomic E-state index is 0.139. The molecule has 0 spiro atoms. The summed E-state index contributed by atoms with van der Waals surface area (Å²) in [6.45, 7) is 0. The first kappa shape index (κ1) is 13.2. The van der Waals surface area contributed by atoms with Crippen molar-refractivity contribution < 1.29 is 4.74 Å². The van der Waals surface area contributed by atoms with Gasteiger partial charge in [0.1, 0.15) is 11.1 Å². The van der Waals surface area contributed by atoms with E-state index in [-0.39, 0.29) is 5.37 Å². The van der Waals surface area contributed by atoms with Gasteiger partial charge in [-0.25, -0.2) is 4.68 Å². The van der Waals surface area contributed by atoms with Gasteiger partial charge in [0, 0.05) is 0 Å². The van der Waals surface area contributed by atoms with Gasteiger partial charge in [0.25, 0.3) is 0 Å². The minimum absolute atomic E-state index is 0.139. The Morgan fingerprint density at radius 3 is 2.64 bits per heavy atom. The molecule has 3 aromatic rings. The van der Waals surface area contributed by atoms with Crippen LogP contribution in [0.15, 0.2) is 59.8 Å². The Hall–Kier alpha value is -2.47. The van der Waals surface area contributed by atoms with E-state index in [2.05, 4.69) is 27.8 Å². The third-order valence-electron chi connectivity index (χ3n) is 3.55. The zero-order valence-corrected chi connectivity index (χ0v) is 12.7. The van der Waals surface area contributed by atoms with Crippen LogP contribution in [-0.4, -0.2) is 22.0 Å². The first-order valence-electron chi connectivity index (χ1n) is 6.94. The van der Waals surface area contributed by atoms with E-state index < -0.39 is 0 Å². The average molecular weight is 310 g/mol. The van der Waals surface area contributed by atoms with Crippen LogP contribution in [0.25, 0.3) is 11.4 Å². The molecule has 1 aliphatic rings. The molecule has 1 unspecified atom stereocenters. The van der Waals surface area contributed by atoms with Crippen LogP contribution in [0.5, 0.6) is 5.75 Å². The molecule has 4 rings (SSSR count). The Balaban J connectivity index is 1.71. The summed E-state index contributed by atoms with van der Waals surface area (Å²) >= 11 is 1.66. The normalized spacial score (nSPS) is 16.1. The topological polar surface area (TPSA) is 52.0 Å². The molecule has 0 saturated heterocycles. The number of para-hydroxylation sites is 1. The van der Waals surface area contributed by atoms with E-state index in [0.717, 1.165) is 22.3 Å². The molecule has 6 heteroatoms. The van der Waals surface area contributed by atoms with E-state index in [1.807, 2.05) is 47.1 Å². The zero-order valence-electron chi connectivity index (χ0n) is 11.9. The predicted molar refractivity (Wildman–Crippen MR) is 86.4 cm³/mol. The number of hydrogen-bond donors (Lipinski definition) is 1. The van der Waals surface area contributed by atoms with Crippen molar-refractivity contribution in [1.82, 2.24) is 14.9 Å². The highest BCUT2D eigenvalue weighted by Crippen LogP contribution is 2.41. The molecule has 1 atom stereocenters. The van der Waals surface area contributed by atoms with Gasteiger partial charge in [-0.3, -0.25) is 0 Å². The fourth-order valence-electron chi connectivity index (χ4n) is 2.49. The molecule has 1 aliphatic heterocycles. The predicted octanol–water partition coefficient (Wildman–Crippen LogP) is 3.30. The monoisotopic (exact) mass is 310 g/mol. The first-order valence-corrected chi connectivity index (χ1v) is 7.82. The molecule has 0 radical (unpaired) electrons. The summed E-state index contributed by atoms with van der Waals surface area (Å²) in [7, 11) is 1.66. The summed E-state index contributed by atoms with van der Waals surface area (Å²) in [6, 6.07) is 18.1. The summed E-state index contributed by atoms with van der Waals surface area (Å²) in [5, 5.41) is 9.57. The lowest BCUT2D eigenvalue weighted by atomic mass is 10.2. The smallest absolute Gasteiger partial charge is 0.212 e. The summed E-state index contributed by atoms with van der Waals surface area (Å²) in [5.74, 6) is 1.55. The molecule has 0 fully saturated rings. The Labute approximate surface area is 132 Å². The molecule has 0 saturated carbocycles. The Bertz CT molecular complexity index is 803. The number of thioether (sulfide) groups is 1. The second-order valence-corrected chi connectivity index (χ2v) is 5.95. The van der Waals surface area contributed by atoms with E-state index in [1.54, 1.807) is 18.9 Å². The quantitative estimate of drug-likeness (QED) is 0.804. The van der Waals surface area contributed by atoms with Crippen molar-refractivity contribution in [2.75, 3.05) is 12.5 Å². The largest absolute Gasteiger partial charge is 0.496 e. The van der Waals surface area contributed by atoms with Gasteiger partial charge < -0.3 is 10.2 Å². The van der Waals surface area contributed by atoms with Crippen LogP contribution in [0.1, 0.15) is 10.9 Å². The third kappa shape index (κ3) is 2.12. The van der Waals surface area contributed by atoms with E-state index in [4.69, 9.17) is 4.74 Å². The summed E-state index contributed by atoms with van der Waals surface area (Å²) in [5.41, 5.74) is 5.58. The molecule has 0 bridgehead atoms. The van der Waals surface area contributed by atoms with Gasteiger partial charge in [0.05, 0.1) is 12.7 Å². The van der Waals surface area contributed by atoms with Crippen LogP contribution in [0, 0.1) is 0 Å². The number of nitrogens with zero attached hydrogens (tertiary/aromatic N) is 3. The fourth-order valence-corrected chi connectivity index (χ4v) is 3.48. The van der Waals surface area contributed by atoms with Crippen LogP contribution >= 0.6 is 11.8 Å². The van der Waals surface area contributed by atoms with Gasteiger partial charge in [-0.2, -0.15) is 0 Å². The average Bonchev–Trinajstić information content (AvgIpc) is 3.16. The SMILES string of the molecule is COc1ccccc1-c1nnc2n1NC(c1ccccc1)S2. The van der Waals surface area contributed by atoms with Gasteiger partial charge in [-0.15, -0.1) is 10.2 Å². The molecule has 2 aromatic carbocycles. The van der Waals surface area contributed by atoms with Gasteiger partial charge in [-0.05, 0) is 17.7 Å². The second-order valence-electron chi connectivity index (χ2n) is 4.88. The lowest BCUT2D eigenvalue weighted by Crippen LogP contribution is -2.13. The Kier molecular flexibility index (Phi) is 3.23. The van der Waals surface area contributed by atoms with Crippen LogP contribution < -0.4 is 10.2 Å². The Morgan fingerprint density at radius 1 is 1.05 bits per heavy atom. The molecule has 22 heavy (non-hydrogen) atoms. The maximum absolute atomic E-state index is 5.42. The van der Waals surface area contributed by atoms with E-state index in [9.17, 15) is 0 Å².